The highest BCUT2D eigenvalue weighted by Gasteiger charge is 2.20. The third-order valence-corrected chi connectivity index (χ3v) is 3.55. The molecular formula is C16H11Cl2N3O. The van der Waals surface area contributed by atoms with Gasteiger partial charge < -0.3 is 5.32 Å². The molecule has 1 amide bonds. The standard InChI is InChI=1S/C16H11Cl2N3O/c17-11-7-6-10(13(18)9-11)8-14-15(22)21-16(20-14)19-12-4-2-1-3-5-12/h1-9H,(H2,19,20,21,22)/b14-8+. The Morgan fingerprint density at radius 1 is 1.09 bits per heavy atom. The number of carbonyl (C=O) groups excluding carboxylic acids is 1. The summed E-state index contributed by atoms with van der Waals surface area (Å²) in [6.45, 7) is 0. The van der Waals surface area contributed by atoms with Crippen LogP contribution in [-0.4, -0.2) is 11.9 Å². The molecule has 1 aliphatic rings. The van der Waals surface area contributed by atoms with Gasteiger partial charge in [-0.2, -0.15) is 0 Å². The van der Waals surface area contributed by atoms with Gasteiger partial charge in [-0.1, -0.05) is 47.5 Å². The van der Waals surface area contributed by atoms with Crippen LogP contribution in [0.15, 0.2) is 59.2 Å². The lowest BCUT2D eigenvalue weighted by atomic mass is 10.2. The van der Waals surface area contributed by atoms with Gasteiger partial charge in [-0.15, -0.1) is 0 Å². The first-order valence-electron chi connectivity index (χ1n) is 6.51. The number of carbonyl (C=O) groups is 1. The van der Waals surface area contributed by atoms with Gasteiger partial charge in [-0.3, -0.25) is 10.1 Å². The average Bonchev–Trinajstić information content (AvgIpc) is 2.83. The smallest absolute Gasteiger partial charge is 0.276 e. The van der Waals surface area contributed by atoms with Gasteiger partial charge >= 0.3 is 0 Å². The largest absolute Gasteiger partial charge is 0.326 e. The quantitative estimate of drug-likeness (QED) is 0.819. The van der Waals surface area contributed by atoms with Gasteiger partial charge in [-0.25, -0.2) is 4.99 Å². The zero-order valence-corrected chi connectivity index (χ0v) is 12.8. The molecule has 0 atom stereocenters. The van der Waals surface area contributed by atoms with E-state index in [1.165, 1.54) is 0 Å². The second-order valence-corrected chi connectivity index (χ2v) is 5.44. The number of rotatable bonds is 2. The van der Waals surface area contributed by atoms with Gasteiger partial charge in [0.05, 0.1) is 0 Å². The van der Waals surface area contributed by atoms with Crippen molar-refractivity contribution in [1.82, 2.24) is 5.32 Å². The van der Waals surface area contributed by atoms with Crippen LogP contribution in [0.2, 0.25) is 10.0 Å². The molecule has 22 heavy (non-hydrogen) atoms. The molecule has 1 heterocycles. The summed E-state index contributed by atoms with van der Waals surface area (Å²) in [7, 11) is 0. The summed E-state index contributed by atoms with van der Waals surface area (Å²) in [6, 6.07) is 14.5. The van der Waals surface area contributed by atoms with E-state index in [2.05, 4.69) is 15.6 Å². The maximum atomic E-state index is 12.0. The van der Waals surface area contributed by atoms with Gasteiger partial charge in [0.2, 0.25) is 5.96 Å². The van der Waals surface area contributed by atoms with Crippen molar-refractivity contribution in [3.63, 3.8) is 0 Å². The van der Waals surface area contributed by atoms with Crippen LogP contribution in [0.4, 0.5) is 5.69 Å². The van der Waals surface area contributed by atoms with E-state index in [9.17, 15) is 4.79 Å². The third kappa shape index (κ3) is 3.30. The number of para-hydroxylation sites is 1. The fourth-order valence-electron chi connectivity index (χ4n) is 1.95. The van der Waals surface area contributed by atoms with E-state index < -0.39 is 0 Å². The van der Waals surface area contributed by atoms with Gasteiger partial charge in [0, 0.05) is 15.7 Å². The summed E-state index contributed by atoms with van der Waals surface area (Å²) in [5.74, 6) is 0.0944. The van der Waals surface area contributed by atoms with Crippen molar-refractivity contribution >= 4 is 46.8 Å². The van der Waals surface area contributed by atoms with Crippen molar-refractivity contribution in [2.45, 2.75) is 0 Å². The monoisotopic (exact) mass is 331 g/mol. The lowest BCUT2D eigenvalue weighted by molar-refractivity contribution is -0.115. The second-order valence-electron chi connectivity index (χ2n) is 4.60. The van der Waals surface area contributed by atoms with Crippen LogP contribution in [0.1, 0.15) is 5.56 Å². The zero-order valence-electron chi connectivity index (χ0n) is 11.3. The van der Waals surface area contributed by atoms with Crippen LogP contribution in [-0.2, 0) is 4.79 Å². The Labute approximate surface area is 137 Å². The number of hydrogen-bond acceptors (Lipinski definition) is 3. The normalized spacial score (nSPS) is 15.6. The Bertz CT molecular complexity index is 785. The molecule has 0 bridgehead atoms. The van der Waals surface area contributed by atoms with E-state index in [1.807, 2.05) is 30.3 Å². The van der Waals surface area contributed by atoms with Crippen molar-refractivity contribution in [3.8, 4) is 0 Å². The third-order valence-electron chi connectivity index (χ3n) is 2.99. The number of nitrogens with zero attached hydrogens (tertiary/aromatic N) is 1. The summed E-state index contributed by atoms with van der Waals surface area (Å²) in [5, 5.41) is 6.70. The molecular weight excluding hydrogens is 321 g/mol. The molecule has 2 N–H and O–H groups in total. The molecule has 2 aromatic rings. The molecule has 0 radical (unpaired) electrons. The van der Waals surface area contributed by atoms with Crippen LogP contribution in [0, 0.1) is 0 Å². The predicted molar refractivity (Wildman–Crippen MR) is 90.1 cm³/mol. The highest BCUT2D eigenvalue weighted by molar-refractivity contribution is 6.35. The number of benzene rings is 2. The van der Waals surface area contributed by atoms with Crippen molar-refractivity contribution in [1.29, 1.82) is 0 Å². The van der Waals surface area contributed by atoms with Crippen LogP contribution in [0.5, 0.6) is 0 Å². The average molecular weight is 332 g/mol. The van der Waals surface area contributed by atoms with Crippen LogP contribution < -0.4 is 10.6 Å². The van der Waals surface area contributed by atoms with Gasteiger partial charge in [0.1, 0.15) is 5.70 Å². The second kappa shape index (κ2) is 6.22. The number of nitrogens with one attached hydrogen (secondary N) is 2. The molecule has 4 nitrogen and oxygen atoms in total. The molecule has 0 saturated carbocycles. The Hall–Kier alpha value is -2.30. The van der Waals surface area contributed by atoms with Gasteiger partial charge in [0.25, 0.3) is 5.91 Å². The van der Waals surface area contributed by atoms with Crippen molar-refractivity contribution in [2.24, 2.45) is 4.99 Å². The Balaban J connectivity index is 1.85. The minimum atomic E-state index is -0.288. The Kier molecular flexibility index (Phi) is 4.13. The topological polar surface area (TPSA) is 53.5 Å². The number of aliphatic imine (C=N–C) groups is 1. The van der Waals surface area contributed by atoms with E-state index in [0.717, 1.165) is 5.69 Å². The maximum absolute atomic E-state index is 12.0. The summed E-state index contributed by atoms with van der Waals surface area (Å²) >= 11 is 12.0. The molecule has 0 fully saturated rings. The van der Waals surface area contributed by atoms with E-state index in [1.54, 1.807) is 24.3 Å². The lowest BCUT2D eigenvalue weighted by Crippen LogP contribution is -2.29. The number of amides is 1. The number of halogens is 2. The Morgan fingerprint density at radius 2 is 1.86 bits per heavy atom. The first-order valence-corrected chi connectivity index (χ1v) is 7.26. The van der Waals surface area contributed by atoms with Gasteiger partial charge in [0.15, 0.2) is 0 Å². The van der Waals surface area contributed by atoms with Gasteiger partial charge in [-0.05, 0) is 35.9 Å². The number of guanidine groups is 1. The molecule has 0 saturated heterocycles. The van der Waals surface area contributed by atoms with Crippen molar-refractivity contribution < 1.29 is 4.79 Å². The Morgan fingerprint density at radius 3 is 2.59 bits per heavy atom. The number of hydrogen-bond donors (Lipinski definition) is 2. The maximum Gasteiger partial charge on any atom is 0.276 e. The fraction of sp³-hybridized carbons (Fsp3) is 0. The van der Waals surface area contributed by atoms with Crippen LogP contribution >= 0.6 is 23.2 Å². The SMILES string of the molecule is O=C1NC(Nc2ccccc2)=N/C1=C/c1ccc(Cl)cc1Cl. The van der Waals surface area contributed by atoms with Crippen LogP contribution in [0.25, 0.3) is 6.08 Å². The van der Waals surface area contributed by atoms with E-state index in [-0.39, 0.29) is 11.6 Å². The summed E-state index contributed by atoms with van der Waals surface area (Å²) < 4.78 is 0. The molecule has 0 aromatic heterocycles. The van der Waals surface area contributed by atoms with Crippen molar-refractivity contribution in [2.75, 3.05) is 5.32 Å². The molecule has 0 aliphatic carbocycles. The summed E-state index contributed by atoms with van der Waals surface area (Å²) in [6.07, 6.45) is 1.62. The predicted octanol–water partition coefficient (Wildman–Crippen LogP) is 3.93. The zero-order chi connectivity index (χ0) is 15.5. The summed E-state index contributed by atoms with van der Waals surface area (Å²) in [4.78, 5) is 16.2. The molecule has 1 aliphatic heterocycles. The molecule has 2 aromatic carbocycles. The number of anilines is 1. The van der Waals surface area contributed by atoms with E-state index in [4.69, 9.17) is 23.2 Å². The van der Waals surface area contributed by atoms with E-state index in [0.29, 0.717) is 21.6 Å². The summed E-state index contributed by atoms with van der Waals surface area (Å²) in [5.41, 5.74) is 1.80. The van der Waals surface area contributed by atoms with Crippen LogP contribution in [0.3, 0.4) is 0 Å². The highest BCUT2D eigenvalue weighted by Crippen LogP contribution is 2.24. The molecule has 110 valence electrons. The molecule has 0 unspecified atom stereocenters. The molecule has 0 spiro atoms. The minimum absolute atomic E-state index is 0.280. The minimum Gasteiger partial charge on any atom is -0.326 e. The molecule has 6 heteroatoms. The molecule has 3 rings (SSSR count). The first-order chi connectivity index (χ1) is 10.6. The first kappa shape index (κ1) is 14.6. The lowest BCUT2D eigenvalue weighted by Gasteiger charge is -2.03. The highest BCUT2D eigenvalue weighted by atomic mass is 35.5. The van der Waals surface area contributed by atoms with Crippen molar-refractivity contribution in [3.05, 3.63) is 69.8 Å². The fourth-order valence-corrected chi connectivity index (χ4v) is 2.41. The van der Waals surface area contributed by atoms with E-state index >= 15 is 0 Å².